The highest BCUT2D eigenvalue weighted by molar-refractivity contribution is 7.10. The molecule has 1 N–H and O–H groups in total. The molecule has 0 amide bonds. The van der Waals surface area contributed by atoms with Gasteiger partial charge in [-0.3, -0.25) is 0 Å². The van der Waals surface area contributed by atoms with Crippen molar-refractivity contribution in [2.24, 2.45) is 0 Å². The van der Waals surface area contributed by atoms with Crippen molar-refractivity contribution in [1.29, 1.82) is 0 Å². The van der Waals surface area contributed by atoms with E-state index in [0.29, 0.717) is 0 Å². The van der Waals surface area contributed by atoms with E-state index in [-0.39, 0.29) is 0 Å². The zero-order chi connectivity index (χ0) is 12.6. The predicted molar refractivity (Wildman–Crippen MR) is 73.8 cm³/mol. The van der Waals surface area contributed by atoms with Crippen LogP contribution in [0.4, 0.5) is 0 Å². The summed E-state index contributed by atoms with van der Waals surface area (Å²) in [6.45, 7) is 8.39. The molecule has 0 radical (unpaired) electrons. The summed E-state index contributed by atoms with van der Waals surface area (Å²) < 4.78 is 0. The molecular formula is C15H18OS. The highest BCUT2D eigenvalue weighted by Crippen LogP contribution is 2.33. The van der Waals surface area contributed by atoms with Crippen molar-refractivity contribution in [2.75, 3.05) is 0 Å². The van der Waals surface area contributed by atoms with Crippen LogP contribution in [0.15, 0.2) is 23.6 Å². The van der Waals surface area contributed by atoms with Crippen LogP contribution in [0.1, 0.15) is 38.8 Å². The zero-order valence-electron chi connectivity index (χ0n) is 10.7. The van der Waals surface area contributed by atoms with Gasteiger partial charge in [0, 0.05) is 4.88 Å². The summed E-state index contributed by atoms with van der Waals surface area (Å²) in [7, 11) is 0. The monoisotopic (exact) mass is 246 g/mol. The summed E-state index contributed by atoms with van der Waals surface area (Å²) in [5.74, 6) is 0. The SMILES string of the molecule is Cc1cc(C)c(C)c(C(O)c2cccs2)c1C. The summed E-state index contributed by atoms with van der Waals surface area (Å²) >= 11 is 1.60. The Balaban J connectivity index is 2.59. The van der Waals surface area contributed by atoms with Crippen LogP contribution in [0.3, 0.4) is 0 Å². The van der Waals surface area contributed by atoms with Gasteiger partial charge >= 0.3 is 0 Å². The minimum absolute atomic E-state index is 0.492. The molecule has 0 spiro atoms. The molecule has 1 heterocycles. The number of thiophene rings is 1. The first kappa shape index (κ1) is 12.3. The van der Waals surface area contributed by atoms with Gasteiger partial charge in [-0.2, -0.15) is 0 Å². The van der Waals surface area contributed by atoms with Crippen LogP contribution in [0.5, 0.6) is 0 Å². The topological polar surface area (TPSA) is 20.2 Å². The van der Waals surface area contributed by atoms with Gasteiger partial charge in [0.1, 0.15) is 6.10 Å². The molecule has 0 aliphatic rings. The van der Waals surface area contributed by atoms with Crippen LogP contribution in [-0.2, 0) is 0 Å². The maximum Gasteiger partial charge on any atom is 0.114 e. The van der Waals surface area contributed by atoms with Crippen molar-refractivity contribution in [3.05, 3.63) is 56.3 Å². The quantitative estimate of drug-likeness (QED) is 0.847. The van der Waals surface area contributed by atoms with Gasteiger partial charge in [0.05, 0.1) is 0 Å². The first-order valence-corrected chi connectivity index (χ1v) is 6.69. The fraction of sp³-hybridized carbons (Fsp3) is 0.333. The number of aryl methyl sites for hydroxylation is 2. The van der Waals surface area contributed by atoms with E-state index in [2.05, 4.69) is 33.8 Å². The fourth-order valence-electron chi connectivity index (χ4n) is 2.25. The average Bonchev–Trinajstić information content (AvgIpc) is 2.80. The lowest BCUT2D eigenvalue weighted by Crippen LogP contribution is -2.06. The van der Waals surface area contributed by atoms with Crippen molar-refractivity contribution in [3.8, 4) is 0 Å². The second-order valence-electron chi connectivity index (χ2n) is 4.59. The molecule has 0 aliphatic carbocycles. The van der Waals surface area contributed by atoms with Crippen molar-refractivity contribution in [1.82, 2.24) is 0 Å². The first-order chi connectivity index (χ1) is 8.02. The Kier molecular flexibility index (Phi) is 3.36. The van der Waals surface area contributed by atoms with Crippen molar-refractivity contribution in [3.63, 3.8) is 0 Å². The maximum atomic E-state index is 10.5. The zero-order valence-corrected chi connectivity index (χ0v) is 11.6. The Hall–Kier alpha value is -1.12. The van der Waals surface area contributed by atoms with E-state index >= 15 is 0 Å². The largest absolute Gasteiger partial charge is 0.383 e. The number of hydrogen-bond donors (Lipinski definition) is 1. The molecule has 0 aliphatic heterocycles. The van der Waals surface area contributed by atoms with E-state index in [9.17, 15) is 5.11 Å². The van der Waals surface area contributed by atoms with Crippen molar-refractivity contribution < 1.29 is 5.11 Å². The molecule has 90 valence electrons. The van der Waals surface area contributed by atoms with Crippen LogP contribution in [0.25, 0.3) is 0 Å². The summed E-state index contributed by atoms with van der Waals surface area (Å²) in [5, 5.41) is 12.5. The highest BCUT2D eigenvalue weighted by Gasteiger charge is 2.18. The van der Waals surface area contributed by atoms with Crippen LogP contribution in [0.2, 0.25) is 0 Å². The van der Waals surface area contributed by atoms with Gasteiger partial charge in [-0.25, -0.2) is 0 Å². The molecule has 0 saturated carbocycles. The van der Waals surface area contributed by atoms with E-state index in [1.54, 1.807) is 11.3 Å². The van der Waals surface area contributed by atoms with Gasteiger partial charge in [-0.15, -0.1) is 11.3 Å². The van der Waals surface area contributed by atoms with Gasteiger partial charge in [0.25, 0.3) is 0 Å². The minimum Gasteiger partial charge on any atom is -0.383 e. The van der Waals surface area contributed by atoms with Crippen LogP contribution in [0, 0.1) is 27.7 Å². The third kappa shape index (κ3) is 2.15. The Labute approximate surface area is 107 Å². The summed E-state index contributed by atoms with van der Waals surface area (Å²) in [4.78, 5) is 1.02. The molecule has 0 bridgehead atoms. The summed E-state index contributed by atoms with van der Waals surface area (Å²) in [5.41, 5.74) is 5.98. The fourth-order valence-corrected chi connectivity index (χ4v) is 2.96. The number of aliphatic hydroxyl groups excluding tert-OH is 1. The number of benzene rings is 1. The Morgan fingerprint density at radius 1 is 1.06 bits per heavy atom. The highest BCUT2D eigenvalue weighted by atomic mass is 32.1. The molecule has 2 rings (SSSR count). The summed E-state index contributed by atoms with van der Waals surface area (Å²) in [6.07, 6.45) is -0.492. The molecule has 0 saturated heterocycles. The molecule has 1 aromatic heterocycles. The smallest absolute Gasteiger partial charge is 0.114 e. The second kappa shape index (κ2) is 4.63. The molecular weight excluding hydrogens is 228 g/mol. The molecule has 1 aromatic carbocycles. The summed E-state index contributed by atoms with van der Waals surface area (Å²) in [6, 6.07) is 6.16. The number of rotatable bonds is 2. The molecule has 0 fully saturated rings. The van der Waals surface area contributed by atoms with Crippen molar-refractivity contribution >= 4 is 11.3 Å². The minimum atomic E-state index is -0.492. The molecule has 1 unspecified atom stereocenters. The molecule has 2 aromatic rings. The normalized spacial score (nSPS) is 12.8. The number of hydrogen-bond acceptors (Lipinski definition) is 2. The lowest BCUT2D eigenvalue weighted by Gasteiger charge is -2.19. The third-order valence-corrected chi connectivity index (χ3v) is 4.43. The van der Waals surface area contributed by atoms with E-state index in [1.165, 1.54) is 22.3 Å². The van der Waals surface area contributed by atoms with Crippen LogP contribution < -0.4 is 0 Å². The molecule has 1 atom stereocenters. The van der Waals surface area contributed by atoms with E-state index < -0.39 is 6.10 Å². The lowest BCUT2D eigenvalue weighted by atomic mass is 9.90. The van der Waals surface area contributed by atoms with Crippen LogP contribution in [-0.4, -0.2) is 5.11 Å². The van der Waals surface area contributed by atoms with Gasteiger partial charge in [0.2, 0.25) is 0 Å². The molecule has 17 heavy (non-hydrogen) atoms. The van der Waals surface area contributed by atoms with E-state index in [1.807, 2.05) is 17.5 Å². The van der Waals surface area contributed by atoms with E-state index in [4.69, 9.17) is 0 Å². The van der Waals surface area contributed by atoms with E-state index in [0.717, 1.165) is 10.4 Å². The first-order valence-electron chi connectivity index (χ1n) is 5.81. The van der Waals surface area contributed by atoms with Gasteiger partial charge in [-0.1, -0.05) is 12.1 Å². The van der Waals surface area contributed by atoms with Gasteiger partial charge in [0.15, 0.2) is 0 Å². The lowest BCUT2D eigenvalue weighted by molar-refractivity contribution is 0.222. The van der Waals surface area contributed by atoms with Gasteiger partial charge in [-0.05, 0) is 67.0 Å². The Bertz CT molecular complexity index is 500. The number of aliphatic hydroxyl groups is 1. The molecule has 1 nitrogen and oxygen atoms in total. The Morgan fingerprint density at radius 2 is 1.65 bits per heavy atom. The third-order valence-electron chi connectivity index (χ3n) is 3.51. The standard InChI is InChI=1S/C15H18OS/c1-9-8-10(2)12(4)14(11(9)3)15(16)13-6-5-7-17-13/h5-8,15-16H,1-4H3. The maximum absolute atomic E-state index is 10.5. The Morgan fingerprint density at radius 3 is 2.12 bits per heavy atom. The second-order valence-corrected chi connectivity index (χ2v) is 5.57. The predicted octanol–water partition coefficient (Wildman–Crippen LogP) is 4.06. The van der Waals surface area contributed by atoms with Gasteiger partial charge < -0.3 is 5.11 Å². The van der Waals surface area contributed by atoms with Crippen LogP contribution >= 0.6 is 11.3 Å². The van der Waals surface area contributed by atoms with Crippen molar-refractivity contribution in [2.45, 2.75) is 33.8 Å². The molecule has 2 heteroatoms. The average molecular weight is 246 g/mol.